The number of carbonyl (C=O) groups excluding carboxylic acids is 2. The quantitative estimate of drug-likeness (QED) is 0.641. The van der Waals surface area contributed by atoms with Crippen LogP contribution < -0.4 is 16.4 Å². The van der Waals surface area contributed by atoms with Crippen molar-refractivity contribution < 1.29 is 9.59 Å². The van der Waals surface area contributed by atoms with Gasteiger partial charge < -0.3 is 16.4 Å². The lowest BCUT2D eigenvalue weighted by molar-refractivity contribution is -0.124. The maximum Gasteiger partial charge on any atom is 0.251 e. The van der Waals surface area contributed by atoms with E-state index in [9.17, 15) is 9.59 Å². The van der Waals surface area contributed by atoms with Crippen LogP contribution in [-0.4, -0.2) is 24.4 Å². The fourth-order valence-electron chi connectivity index (χ4n) is 1.79. The van der Waals surface area contributed by atoms with Gasteiger partial charge in [-0.1, -0.05) is 0 Å². The summed E-state index contributed by atoms with van der Waals surface area (Å²) in [5.41, 5.74) is 6.66. The Morgan fingerprint density at radius 3 is 2.71 bits per heavy atom. The van der Waals surface area contributed by atoms with E-state index in [1.807, 2.05) is 0 Å². The predicted molar refractivity (Wildman–Crippen MR) is 64.4 cm³/mol. The molecule has 1 heterocycles. The van der Waals surface area contributed by atoms with Crippen molar-refractivity contribution in [3.8, 4) is 0 Å². The fourth-order valence-corrected chi connectivity index (χ4v) is 1.79. The number of benzene rings is 1. The van der Waals surface area contributed by atoms with Crippen molar-refractivity contribution in [3.63, 3.8) is 0 Å². The Labute approximate surface area is 99.4 Å². The number of nitrogen functional groups attached to an aromatic ring is 1. The van der Waals surface area contributed by atoms with E-state index < -0.39 is 6.04 Å². The largest absolute Gasteiger partial charge is 0.399 e. The third-order valence-corrected chi connectivity index (χ3v) is 2.76. The van der Waals surface area contributed by atoms with Gasteiger partial charge in [0.05, 0.1) is 0 Å². The van der Waals surface area contributed by atoms with E-state index >= 15 is 0 Å². The standard InChI is InChI=1S/C12H15N3O2/c13-9-5-3-8(4-6-9)11(16)15-10-2-1-7-14-12(10)17/h3-6,10H,1-2,7,13H2,(H,14,17)(H,15,16). The van der Waals surface area contributed by atoms with Crippen LogP contribution in [0.4, 0.5) is 5.69 Å². The lowest BCUT2D eigenvalue weighted by atomic mass is 10.1. The molecule has 0 aromatic heterocycles. The summed E-state index contributed by atoms with van der Waals surface area (Å²) in [6.07, 6.45) is 1.57. The van der Waals surface area contributed by atoms with Crippen molar-refractivity contribution in [1.29, 1.82) is 0 Å². The zero-order valence-electron chi connectivity index (χ0n) is 9.40. The molecule has 1 fully saturated rings. The maximum atomic E-state index is 11.8. The highest BCUT2D eigenvalue weighted by Crippen LogP contribution is 2.08. The summed E-state index contributed by atoms with van der Waals surface area (Å²) >= 11 is 0. The van der Waals surface area contributed by atoms with Crippen LogP contribution in [0, 0.1) is 0 Å². The minimum Gasteiger partial charge on any atom is -0.399 e. The fraction of sp³-hybridized carbons (Fsp3) is 0.333. The topological polar surface area (TPSA) is 84.2 Å². The predicted octanol–water partition coefficient (Wildman–Crippen LogP) is 0.277. The minimum absolute atomic E-state index is 0.111. The average molecular weight is 233 g/mol. The van der Waals surface area contributed by atoms with Crippen molar-refractivity contribution in [1.82, 2.24) is 10.6 Å². The molecule has 0 spiro atoms. The molecule has 17 heavy (non-hydrogen) atoms. The van der Waals surface area contributed by atoms with E-state index in [2.05, 4.69) is 10.6 Å². The molecule has 1 aromatic rings. The van der Waals surface area contributed by atoms with E-state index in [1.165, 1.54) is 0 Å². The Bertz CT molecular complexity index is 428. The Hall–Kier alpha value is -2.04. The summed E-state index contributed by atoms with van der Waals surface area (Å²) < 4.78 is 0. The molecular weight excluding hydrogens is 218 g/mol. The van der Waals surface area contributed by atoms with Crippen molar-refractivity contribution in [2.75, 3.05) is 12.3 Å². The molecule has 1 unspecified atom stereocenters. The summed E-state index contributed by atoms with van der Waals surface area (Å²) in [5.74, 6) is -0.355. The third-order valence-electron chi connectivity index (χ3n) is 2.76. The number of hydrogen-bond donors (Lipinski definition) is 3. The molecule has 2 rings (SSSR count). The summed E-state index contributed by atoms with van der Waals surface area (Å²) in [7, 11) is 0. The monoisotopic (exact) mass is 233 g/mol. The van der Waals surface area contributed by atoms with Crippen LogP contribution in [0.3, 0.4) is 0 Å². The van der Waals surface area contributed by atoms with Gasteiger partial charge in [0.15, 0.2) is 0 Å². The molecular formula is C12H15N3O2. The molecule has 0 aliphatic carbocycles. The molecule has 0 bridgehead atoms. The molecule has 1 saturated heterocycles. The van der Waals surface area contributed by atoms with Gasteiger partial charge in [-0.2, -0.15) is 0 Å². The molecule has 90 valence electrons. The van der Waals surface area contributed by atoms with Crippen LogP contribution in [0.15, 0.2) is 24.3 Å². The Balaban J connectivity index is 2.01. The van der Waals surface area contributed by atoms with Gasteiger partial charge in [0, 0.05) is 17.8 Å². The maximum absolute atomic E-state index is 11.8. The van der Waals surface area contributed by atoms with Gasteiger partial charge in [0.25, 0.3) is 5.91 Å². The van der Waals surface area contributed by atoms with Crippen molar-refractivity contribution in [2.24, 2.45) is 0 Å². The van der Waals surface area contributed by atoms with Gasteiger partial charge in [0.1, 0.15) is 6.04 Å². The molecule has 1 aliphatic rings. The smallest absolute Gasteiger partial charge is 0.251 e. The number of piperidine rings is 1. The molecule has 2 amide bonds. The van der Waals surface area contributed by atoms with E-state index in [1.54, 1.807) is 24.3 Å². The van der Waals surface area contributed by atoms with Crippen LogP contribution >= 0.6 is 0 Å². The number of amides is 2. The number of nitrogens with two attached hydrogens (primary N) is 1. The summed E-state index contributed by atoms with van der Waals surface area (Å²) in [5, 5.41) is 5.44. The van der Waals surface area contributed by atoms with Crippen LogP contribution in [-0.2, 0) is 4.79 Å². The van der Waals surface area contributed by atoms with Crippen LogP contribution in [0.25, 0.3) is 0 Å². The molecule has 1 aromatic carbocycles. The molecule has 0 radical (unpaired) electrons. The first-order valence-electron chi connectivity index (χ1n) is 5.61. The lowest BCUT2D eigenvalue weighted by Gasteiger charge is -2.22. The molecule has 0 saturated carbocycles. The van der Waals surface area contributed by atoms with E-state index in [4.69, 9.17) is 5.73 Å². The second kappa shape index (κ2) is 4.86. The Morgan fingerprint density at radius 1 is 1.35 bits per heavy atom. The SMILES string of the molecule is Nc1ccc(C(=O)NC2CCCNC2=O)cc1. The Morgan fingerprint density at radius 2 is 2.06 bits per heavy atom. The normalized spacial score (nSPS) is 19.5. The minimum atomic E-state index is -0.422. The molecule has 5 heteroatoms. The highest BCUT2D eigenvalue weighted by atomic mass is 16.2. The van der Waals surface area contributed by atoms with Crippen molar-refractivity contribution in [3.05, 3.63) is 29.8 Å². The van der Waals surface area contributed by atoms with E-state index in [-0.39, 0.29) is 11.8 Å². The molecule has 5 nitrogen and oxygen atoms in total. The first-order chi connectivity index (χ1) is 8.16. The number of anilines is 1. The highest BCUT2D eigenvalue weighted by molar-refractivity contribution is 5.97. The van der Waals surface area contributed by atoms with Gasteiger partial charge in [0.2, 0.25) is 5.91 Å². The lowest BCUT2D eigenvalue weighted by Crippen LogP contribution is -2.50. The van der Waals surface area contributed by atoms with Crippen LogP contribution in [0.5, 0.6) is 0 Å². The van der Waals surface area contributed by atoms with Gasteiger partial charge in [-0.3, -0.25) is 9.59 Å². The number of carbonyl (C=O) groups is 2. The number of rotatable bonds is 2. The second-order valence-electron chi connectivity index (χ2n) is 4.08. The zero-order chi connectivity index (χ0) is 12.3. The second-order valence-corrected chi connectivity index (χ2v) is 4.08. The highest BCUT2D eigenvalue weighted by Gasteiger charge is 2.23. The number of nitrogens with one attached hydrogen (secondary N) is 2. The van der Waals surface area contributed by atoms with Gasteiger partial charge in [-0.25, -0.2) is 0 Å². The van der Waals surface area contributed by atoms with Crippen LogP contribution in [0.1, 0.15) is 23.2 Å². The summed E-state index contributed by atoms with van der Waals surface area (Å²) in [4.78, 5) is 23.3. The molecule has 1 atom stereocenters. The number of hydrogen-bond acceptors (Lipinski definition) is 3. The van der Waals surface area contributed by atoms with E-state index in [0.717, 1.165) is 6.42 Å². The Kier molecular flexibility index (Phi) is 3.27. The first kappa shape index (κ1) is 11.4. The third kappa shape index (κ3) is 2.75. The van der Waals surface area contributed by atoms with Crippen LogP contribution in [0.2, 0.25) is 0 Å². The molecule has 4 N–H and O–H groups in total. The first-order valence-corrected chi connectivity index (χ1v) is 5.61. The molecule has 1 aliphatic heterocycles. The van der Waals surface area contributed by atoms with Gasteiger partial charge >= 0.3 is 0 Å². The van der Waals surface area contributed by atoms with E-state index in [0.29, 0.717) is 24.2 Å². The summed E-state index contributed by atoms with van der Waals surface area (Å²) in [6.45, 7) is 0.688. The average Bonchev–Trinajstić information content (AvgIpc) is 2.33. The zero-order valence-corrected chi connectivity index (χ0v) is 9.40. The van der Waals surface area contributed by atoms with Crippen molar-refractivity contribution in [2.45, 2.75) is 18.9 Å². The summed E-state index contributed by atoms with van der Waals surface area (Å²) in [6, 6.07) is 6.19. The van der Waals surface area contributed by atoms with Crippen molar-refractivity contribution >= 4 is 17.5 Å². The van der Waals surface area contributed by atoms with Gasteiger partial charge in [-0.15, -0.1) is 0 Å². The van der Waals surface area contributed by atoms with Gasteiger partial charge in [-0.05, 0) is 37.1 Å².